The van der Waals surface area contributed by atoms with Gasteiger partial charge in [-0.3, -0.25) is 4.79 Å². The molecule has 1 aromatic carbocycles. The molecule has 23 heavy (non-hydrogen) atoms. The second kappa shape index (κ2) is 6.03. The largest absolute Gasteiger partial charge is 0.454 e. The van der Waals surface area contributed by atoms with Gasteiger partial charge in [0.25, 0.3) is 0 Å². The third-order valence-electron chi connectivity index (χ3n) is 4.32. The molecule has 4 heteroatoms. The summed E-state index contributed by atoms with van der Waals surface area (Å²) < 4.78 is 7.38. The van der Waals surface area contributed by atoms with Gasteiger partial charge in [-0.25, -0.2) is 4.79 Å². The second-order valence-corrected chi connectivity index (χ2v) is 6.25. The number of aromatic nitrogens is 1. The molecule has 0 amide bonds. The van der Waals surface area contributed by atoms with Crippen LogP contribution >= 0.6 is 0 Å². The monoisotopic (exact) mass is 311 g/mol. The molecule has 1 fully saturated rings. The Morgan fingerprint density at radius 2 is 1.78 bits per heavy atom. The zero-order chi connectivity index (χ0) is 16.6. The Hall–Kier alpha value is -2.36. The van der Waals surface area contributed by atoms with E-state index < -0.39 is 5.97 Å². The van der Waals surface area contributed by atoms with Crippen LogP contribution in [0.15, 0.2) is 30.3 Å². The van der Waals surface area contributed by atoms with E-state index in [1.54, 1.807) is 12.1 Å². The van der Waals surface area contributed by atoms with Crippen molar-refractivity contribution in [2.45, 2.75) is 39.7 Å². The van der Waals surface area contributed by atoms with Crippen molar-refractivity contribution in [1.82, 2.24) is 4.57 Å². The van der Waals surface area contributed by atoms with Crippen LogP contribution in [0.4, 0.5) is 0 Å². The maximum absolute atomic E-state index is 12.4. The van der Waals surface area contributed by atoms with Crippen molar-refractivity contribution in [1.29, 1.82) is 0 Å². The first kappa shape index (κ1) is 15.5. The van der Waals surface area contributed by atoms with Crippen LogP contribution in [-0.2, 0) is 4.74 Å². The lowest BCUT2D eigenvalue weighted by Crippen LogP contribution is -2.15. The van der Waals surface area contributed by atoms with Gasteiger partial charge in [-0.15, -0.1) is 0 Å². The van der Waals surface area contributed by atoms with Crippen LogP contribution in [0, 0.1) is 20.8 Å². The van der Waals surface area contributed by atoms with Gasteiger partial charge in [-0.2, -0.15) is 0 Å². The molecule has 0 unspecified atom stereocenters. The Labute approximate surface area is 136 Å². The highest BCUT2D eigenvalue weighted by molar-refractivity contribution is 6.00. The molecule has 2 aromatic rings. The van der Waals surface area contributed by atoms with Gasteiger partial charge in [0.05, 0.1) is 5.56 Å². The predicted octanol–water partition coefficient (Wildman–Crippen LogP) is 3.79. The summed E-state index contributed by atoms with van der Waals surface area (Å²) in [7, 11) is 0. The third-order valence-corrected chi connectivity index (χ3v) is 4.32. The molecule has 0 atom stereocenters. The van der Waals surface area contributed by atoms with Gasteiger partial charge in [0.2, 0.25) is 5.78 Å². The highest BCUT2D eigenvalue weighted by atomic mass is 16.5. The van der Waals surface area contributed by atoms with Crippen LogP contribution in [0.1, 0.15) is 56.6 Å². The molecule has 1 heterocycles. The number of carbonyl (C=O) groups is 2. The van der Waals surface area contributed by atoms with Gasteiger partial charge in [0.15, 0.2) is 6.61 Å². The van der Waals surface area contributed by atoms with E-state index in [0.717, 1.165) is 17.0 Å². The molecular weight excluding hydrogens is 290 g/mol. The van der Waals surface area contributed by atoms with E-state index in [9.17, 15) is 9.59 Å². The second-order valence-electron chi connectivity index (χ2n) is 6.25. The molecule has 0 aliphatic heterocycles. The number of hydrogen-bond acceptors (Lipinski definition) is 3. The van der Waals surface area contributed by atoms with Gasteiger partial charge in [0.1, 0.15) is 0 Å². The molecule has 0 bridgehead atoms. The molecule has 0 spiro atoms. The lowest BCUT2D eigenvalue weighted by Gasteiger charge is -2.08. The quantitative estimate of drug-likeness (QED) is 0.623. The molecule has 1 aliphatic carbocycles. The summed E-state index contributed by atoms with van der Waals surface area (Å²) in [6, 6.07) is 9.55. The molecular formula is C19H21NO3. The number of rotatable bonds is 5. The van der Waals surface area contributed by atoms with Gasteiger partial charge in [0, 0.05) is 23.0 Å². The van der Waals surface area contributed by atoms with Gasteiger partial charge in [-0.05, 0) is 51.8 Å². The van der Waals surface area contributed by atoms with Crippen molar-refractivity contribution in [3.63, 3.8) is 0 Å². The Balaban J connectivity index is 1.66. The van der Waals surface area contributed by atoms with Gasteiger partial charge in [-0.1, -0.05) is 17.7 Å². The van der Waals surface area contributed by atoms with E-state index in [-0.39, 0.29) is 12.4 Å². The van der Waals surface area contributed by atoms with Gasteiger partial charge >= 0.3 is 5.97 Å². The van der Waals surface area contributed by atoms with Crippen LogP contribution in [-0.4, -0.2) is 22.9 Å². The Morgan fingerprint density at radius 1 is 1.13 bits per heavy atom. The summed E-state index contributed by atoms with van der Waals surface area (Å²) in [6.45, 7) is 5.71. The van der Waals surface area contributed by atoms with Crippen molar-refractivity contribution in [3.8, 4) is 0 Å². The first-order chi connectivity index (χ1) is 11.0. The lowest BCUT2D eigenvalue weighted by atomic mass is 10.1. The fraction of sp³-hybridized carbons (Fsp3) is 0.368. The summed E-state index contributed by atoms with van der Waals surface area (Å²) >= 11 is 0. The summed E-state index contributed by atoms with van der Waals surface area (Å²) in [5.74, 6) is -0.611. The number of esters is 1. The van der Waals surface area contributed by atoms with E-state index in [0.29, 0.717) is 17.2 Å². The minimum absolute atomic E-state index is 0.148. The standard InChI is InChI=1S/C19H21NO3/c1-12-4-6-15(7-5-12)19(22)23-11-18(21)17-10-13(2)20(14(17)3)16-8-9-16/h4-7,10,16H,8-9,11H2,1-3H3. The summed E-state index contributed by atoms with van der Waals surface area (Å²) in [4.78, 5) is 24.4. The number of Topliss-reactive ketones (excluding diaryl/α,β-unsaturated/α-hetero) is 1. The number of nitrogens with zero attached hydrogens (tertiary/aromatic N) is 1. The molecule has 0 saturated heterocycles. The van der Waals surface area contributed by atoms with Crippen LogP contribution in [0.25, 0.3) is 0 Å². The fourth-order valence-corrected chi connectivity index (χ4v) is 2.94. The Bertz CT molecular complexity index is 752. The molecule has 1 saturated carbocycles. The molecule has 1 aliphatic rings. The zero-order valence-electron chi connectivity index (χ0n) is 13.8. The SMILES string of the molecule is Cc1ccc(C(=O)OCC(=O)c2cc(C)n(C3CC3)c2C)cc1. The smallest absolute Gasteiger partial charge is 0.338 e. The first-order valence-electron chi connectivity index (χ1n) is 7.93. The van der Waals surface area contributed by atoms with E-state index in [1.165, 1.54) is 12.8 Å². The third kappa shape index (κ3) is 3.21. The highest BCUT2D eigenvalue weighted by Crippen LogP contribution is 2.38. The predicted molar refractivity (Wildman–Crippen MR) is 88.0 cm³/mol. The lowest BCUT2D eigenvalue weighted by molar-refractivity contribution is 0.0474. The Morgan fingerprint density at radius 3 is 2.39 bits per heavy atom. The number of hydrogen-bond donors (Lipinski definition) is 0. The van der Waals surface area contributed by atoms with Gasteiger partial charge < -0.3 is 9.30 Å². The molecule has 4 nitrogen and oxygen atoms in total. The van der Waals surface area contributed by atoms with Crippen molar-refractivity contribution < 1.29 is 14.3 Å². The number of aryl methyl sites for hydroxylation is 2. The van der Waals surface area contributed by atoms with E-state index in [1.807, 2.05) is 39.0 Å². The minimum atomic E-state index is -0.464. The molecule has 1 aromatic heterocycles. The number of carbonyl (C=O) groups excluding carboxylic acids is 2. The normalized spacial score (nSPS) is 13.9. The maximum Gasteiger partial charge on any atom is 0.338 e. The topological polar surface area (TPSA) is 48.3 Å². The average molecular weight is 311 g/mol. The van der Waals surface area contributed by atoms with Crippen molar-refractivity contribution >= 4 is 11.8 Å². The van der Waals surface area contributed by atoms with Crippen LogP contribution in [0.2, 0.25) is 0 Å². The van der Waals surface area contributed by atoms with Crippen molar-refractivity contribution in [2.24, 2.45) is 0 Å². The molecule has 0 radical (unpaired) electrons. The Kier molecular flexibility index (Phi) is 4.07. The van der Waals surface area contributed by atoms with Crippen molar-refractivity contribution in [3.05, 3.63) is 58.4 Å². The fourth-order valence-electron chi connectivity index (χ4n) is 2.94. The van der Waals surface area contributed by atoms with E-state index in [2.05, 4.69) is 4.57 Å². The summed E-state index contributed by atoms with van der Waals surface area (Å²) in [6.07, 6.45) is 2.35. The maximum atomic E-state index is 12.4. The first-order valence-corrected chi connectivity index (χ1v) is 7.93. The molecule has 0 N–H and O–H groups in total. The van der Waals surface area contributed by atoms with Crippen LogP contribution in [0.3, 0.4) is 0 Å². The van der Waals surface area contributed by atoms with Crippen LogP contribution < -0.4 is 0 Å². The van der Waals surface area contributed by atoms with Crippen LogP contribution in [0.5, 0.6) is 0 Å². The molecule has 3 rings (SSSR count). The minimum Gasteiger partial charge on any atom is -0.454 e. The summed E-state index contributed by atoms with van der Waals surface area (Å²) in [5.41, 5.74) is 4.27. The van der Waals surface area contributed by atoms with Crippen molar-refractivity contribution in [2.75, 3.05) is 6.61 Å². The average Bonchev–Trinajstić information content (AvgIpc) is 3.31. The van der Waals surface area contributed by atoms with E-state index in [4.69, 9.17) is 4.74 Å². The summed E-state index contributed by atoms with van der Waals surface area (Å²) in [5, 5.41) is 0. The molecule has 120 valence electrons. The number of benzene rings is 1. The highest BCUT2D eigenvalue weighted by Gasteiger charge is 2.28. The number of ether oxygens (including phenoxy) is 1. The zero-order valence-corrected chi connectivity index (χ0v) is 13.8. The number of ketones is 1. The van der Waals surface area contributed by atoms with E-state index >= 15 is 0 Å².